The van der Waals surface area contributed by atoms with Crippen LogP contribution in [0.4, 0.5) is 5.69 Å². The summed E-state index contributed by atoms with van der Waals surface area (Å²) in [5.74, 6) is 0. The summed E-state index contributed by atoms with van der Waals surface area (Å²) in [4.78, 5) is 9.89. The smallest absolute Gasteiger partial charge is 0.258 e. The molecule has 0 radical (unpaired) electrons. The quantitative estimate of drug-likeness (QED) is 0.537. The molecule has 0 aliphatic heterocycles. The maximum atomic E-state index is 12.5. The van der Waals surface area contributed by atoms with E-state index in [0.717, 1.165) is 10.2 Å². The monoisotopic (exact) mass is 304 g/mol. The average Bonchev–Trinajstić information content (AvgIpc) is 2.92. The van der Waals surface area contributed by atoms with Gasteiger partial charge in [0.1, 0.15) is 11.0 Å². The van der Waals surface area contributed by atoms with Gasteiger partial charge in [-0.1, -0.05) is 23.4 Å². The van der Waals surface area contributed by atoms with Crippen molar-refractivity contribution in [3.8, 4) is 0 Å². The highest BCUT2D eigenvalue weighted by molar-refractivity contribution is 7.90. The van der Waals surface area contributed by atoms with Gasteiger partial charge in [0.25, 0.3) is 15.7 Å². The predicted octanol–water partition coefficient (Wildman–Crippen LogP) is 1.58. The van der Waals surface area contributed by atoms with Crippen molar-refractivity contribution in [2.45, 2.75) is 4.90 Å². The van der Waals surface area contributed by atoms with E-state index in [2.05, 4.69) is 10.3 Å². The Morgan fingerprint density at radius 1 is 1.10 bits per heavy atom. The summed E-state index contributed by atoms with van der Waals surface area (Å²) < 4.78 is 25.8. The number of benzene rings is 2. The van der Waals surface area contributed by atoms with E-state index in [9.17, 15) is 18.5 Å². The number of rotatable bonds is 3. The van der Waals surface area contributed by atoms with Crippen molar-refractivity contribution >= 4 is 26.7 Å². The summed E-state index contributed by atoms with van der Waals surface area (Å²) in [7, 11) is -4.04. The summed E-state index contributed by atoms with van der Waals surface area (Å²) in [6.45, 7) is 0. The highest BCUT2D eigenvalue weighted by Gasteiger charge is 2.23. The SMILES string of the molecule is O=[N+]([O-])c1cccc(S(=O)(=O)n2nnc3ccccc32)c1. The molecule has 0 bridgehead atoms. The van der Waals surface area contributed by atoms with E-state index in [1.54, 1.807) is 24.3 Å². The van der Waals surface area contributed by atoms with Crippen LogP contribution in [0.25, 0.3) is 11.0 Å². The minimum Gasteiger partial charge on any atom is -0.258 e. The summed E-state index contributed by atoms with van der Waals surface area (Å²) >= 11 is 0. The van der Waals surface area contributed by atoms with Crippen molar-refractivity contribution in [2.24, 2.45) is 0 Å². The number of hydrogen-bond acceptors (Lipinski definition) is 6. The maximum absolute atomic E-state index is 12.5. The standard InChI is InChI=1S/C12H8N4O4S/c17-16(18)9-4-3-5-10(8-9)21(19,20)15-12-7-2-1-6-11(12)13-14-15/h1-8H. The molecular weight excluding hydrogens is 296 g/mol. The third-order valence-electron chi connectivity index (χ3n) is 2.88. The van der Waals surface area contributed by atoms with E-state index in [-0.39, 0.29) is 10.6 Å². The minimum absolute atomic E-state index is 0.215. The zero-order valence-corrected chi connectivity index (χ0v) is 11.3. The van der Waals surface area contributed by atoms with E-state index < -0.39 is 14.9 Å². The zero-order valence-electron chi connectivity index (χ0n) is 10.4. The molecule has 2 aromatic carbocycles. The number of nitro benzene ring substituents is 1. The topological polar surface area (TPSA) is 108 Å². The Balaban J connectivity index is 2.21. The fourth-order valence-electron chi connectivity index (χ4n) is 1.88. The van der Waals surface area contributed by atoms with Gasteiger partial charge in [-0.2, -0.15) is 8.42 Å². The second kappa shape index (κ2) is 4.63. The number of fused-ring (bicyclic) bond motifs is 1. The first kappa shape index (κ1) is 13.2. The number of aromatic nitrogens is 3. The summed E-state index contributed by atoms with van der Waals surface area (Å²) in [6, 6.07) is 11.4. The highest BCUT2D eigenvalue weighted by atomic mass is 32.2. The molecule has 0 saturated carbocycles. The van der Waals surface area contributed by atoms with Crippen molar-refractivity contribution in [3.63, 3.8) is 0 Å². The molecule has 106 valence electrons. The average molecular weight is 304 g/mol. The van der Waals surface area contributed by atoms with Crippen molar-refractivity contribution in [1.29, 1.82) is 0 Å². The number of hydrogen-bond donors (Lipinski definition) is 0. The molecule has 0 aliphatic carbocycles. The molecule has 3 aromatic rings. The molecule has 0 saturated heterocycles. The molecule has 3 rings (SSSR count). The number of nitrogens with zero attached hydrogens (tertiary/aromatic N) is 4. The highest BCUT2D eigenvalue weighted by Crippen LogP contribution is 2.21. The van der Waals surface area contributed by atoms with Gasteiger partial charge in [-0.05, 0) is 18.2 Å². The van der Waals surface area contributed by atoms with E-state index in [0.29, 0.717) is 11.0 Å². The van der Waals surface area contributed by atoms with Crippen LogP contribution in [-0.4, -0.2) is 27.7 Å². The van der Waals surface area contributed by atoms with Crippen LogP contribution >= 0.6 is 0 Å². The second-order valence-electron chi connectivity index (χ2n) is 4.18. The Hall–Kier alpha value is -2.81. The molecule has 21 heavy (non-hydrogen) atoms. The van der Waals surface area contributed by atoms with Gasteiger partial charge in [0.05, 0.1) is 9.82 Å². The van der Waals surface area contributed by atoms with Crippen molar-refractivity contribution in [1.82, 2.24) is 14.4 Å². The molecular formula is C12H8N4O4S. The third kappa shape index (κ3) is 2.13. The van der Waals surface area contributed by atoms with Crippen molar-refractivity contribution in [2.75, 3.05) is 0 Å². The van der Waals surface area contributed by atoms with E-state index in [1.165, 1.54) is 18.2 Å². The summed E-state index contributed by atoms with van der Waals surface area (Å²) in [5.41, 5.74) is 0.427. The molecule has 8 nitrogen and oxygen atoms in total. The van der Waals surface area contributed by atoms with Gasteiger partial charge in [0, 0.05) is 12.1 Å². The largest absolute Gasteiger partial charge is 0.285 e. The van der Waals surface area contributed by atoms with Crippen LogP contribution in [0.5, 0.6) is 0 Å². The van der Waals surface area contributed by atoms with Crippen molar-refractivity contribution in [3.05, 3.63) is 58.6 Å². The Kier molecular flexibility index (Phi) is 2.91. The third-order valence-corrected chi connectivity index (χ3v) is 4.45. The number of non-ortho nitro benzene ring substituents is 1. The van der Waals surface area contributed by atoms with Crippen LogP contribution in [0.2, 0.25) is 0 Å². The molecule has 9 heteroatoms. The predicted molar refractivity (Wildman–Crippen MR) is 73.2 cm³/mol. The summed E-state index contributed by atoms with van der Waals surface area (Å²) in [5, 5.41) is 18.1. The van der Waals surface area contributed by atoms with Gasteiger partial charge < -0.3 is 0 Å². The van der Waals surface area contributed by atoms with Gasteiger partial charge in [0.15, 0.2) is 0 Å². The van der Waals surface area contributed by atoms with Crippen LogP contribution in [0.15, 0.2) is 53.4 Å². The lowest BCUT2D eigenvalue weighted by Gasteiger charge is -2.04. The molecule has 1 heterocycles. The first-order valence-corrected chi connectivity index (χ1v) is 7.24. The zero-order chi connectivity index (χ0) is 15.0. The first-order chi connectivity index (χ1) is 10.00. The summed E-state index contributed by atoms with van der Waals surface area (Å²) in [6.07, 6.45) is 0. The van der Waals surface area contributed by atoms with Crippen LogP contribution in [0, 0.1) is 10.1 Å². The van der Waals surface area contributed by atoms with Crippen molar-refractivity contribution < 1.29 is 13.3 Å². The fraction of sp³-hybridized carbons (Fsp3) is 0. The molecule has 0 spiro atoms. The Bertz CT molecular complexity index is 949. The van der Waals surface area contributed by atoms with Crippen LogP contribution < -0.4 is 0 Å². The Labute approximate surface area is 118 Å². The lowest BCUT2D eigenvalue weighted by molar-refractivity contribution is -0.385. The van der Waals surface area contributed by atoms with Gasteiger partial charge >= 0.3 is 0 Å². The molecule has 0 amide bonds. The lowest BCUT2D eigenvalue weighted by atomic mass is 10.3. The van der Waals surface area contributed by atoms with E-state index >= 15 is 0 Å². The van der Waals surface area contributed by atoms with E-state index in [1.807, 2.05) is 0 Å². The van der Waals surface area contributed by atoms with Gasteiger partial charge in [-0.15, -0.1) is 9.19 Å². The maximum Gasteiger partial charge on any atom is 0.285 e. The van der Waals surface area contributed by atoms with Gasteiger partial charge in [0.2, 0.25) is 0 Å². The lowest BCUT2D eigenvalue weighted by Crippen LogP contribution is -2.14. The second-order valence-corrected chi connectivity index (χ2v) is 5.95. The fourth-order valence-corrected chi connectivity index (χ4v) is 3.15. The molecule has 0 fully saturated rings. The Morgan fingerprint density at radius 2 is 1.86 bits per heavy atom. The molecule has 0 N–H and O–H groups in total. The first-order valence-electron chi connectivity index (χ1n) is 5.80. The number of para-hydroxylation sites is 1. The molecule has 1 aromatic heterocycles. The minimum atomic E-state index is -4.04. The molecule has 0 aliphatic rings. The normalized spacial score (nSPS) is 11.6. The van der Waals surface area contributed by atoms with Gasteiger partial charge in [-0.25, -0.2) is 0 Å². The number of nitro groups is 1. The molecule has 0 unspecified atom stereocenters. The molecule has 0 atom stereocenters. The van der Waals surface area contributed by atoms with Crippen LogP contribution in [0.1, 0.15) is 0 Å². The Morgan fingerprint density at radius 3 is 2.62 bits per heavy atom. The van der Waals surface area contributed by atoms with E-state index in [4.69, 9.17) is 0 Å². The van der Waals surface area contributed by atoms with Gasteiger partial charge in [-0.3, -0.25) is 10.1 Å². The van der Waals surface area contributed by atoms with Crippen LogP contribution in [-0.2, 0) is 10.0 Å². The van der Waals surface area contributed by atoms with Crippen LogP contribution in [0.3, 0.4) is 0 Å².